The number of aliphatic hydroxyl groups is 2. The molecule has 0 bridgehead atoms. The largest absolute Gasteiger partial charge is 0.378 e. The van der Waals surface area contributed by atoms with Gasteiger partial charge in [0.05, 0.1) is 0 Å². The molecule has 2 nitrogen and oxygen atoms in total. The highest BCUT2D eigenvalue weighted by atomic mass is 35.5. The predicted octanol–water partition coefficient (Wildman–Crippen LogP) is 0.491. The van der Waals surface area contributed by atoms with Crippen LogP contribution in [0.5, 0.6) is 0 Å². The molecule has 0 aromatic rings. The standard InChI is InChI=1S/C3H6Cl2O2/c4-2(6)1-3(5)7/h2-3,6-7H,1H2/t2-,3+. The molecule has 0 rings (SSSR count). The second-order valence-corrected chi connectivity index (χ2v) is 2.11. The third-order valence-electron chi connectivity index (χ3n) is 0.389. The van der Waals surface area contributed by atoms with Crippen LogP contribution in [0.2, 0.25) is 0 Å². The molecule has 0 aliphatic rings. The van der Waals surface area contributed by atoms with E-state index in [0.717, 1.165) is 0 Å². The third kappa shape index (κ3) is 6.50. The van der Waals surface area contributed by atoms with Crippen LogP contribution in [0.1, 0.15) is 6.42 Å². The SMILES string of the molecule is O[C@H](Cl)C[C@@H](O)Cl. The molecule has 7 heavy (non-hydrogen) atoms. The molecular formula is C3H6Cl2O2. The minimum Gasteiger partial charge on any atom is -0.378 e. The summed E-state index contributed by atoms with van der Waals surface area (Å²) in [5, 5.41) is 16.5. The topological polar surface area (TPSA) is 40.5 Å². The zero-order valence-electron chi connectivity index (χ0n) is 3.51. The van der Waals surface area contributed by atoms with Gasteiger partial charge < -0.3 is 10.2 Å². The van der Waals surface area contributed by atoms with Gasteiger partial charge in [0.1, 0.15) is 11.1 Å². The van der Waals surface area contributed by atoms with Gasteiger partial charge in [-0.15, -0.1) is 0 Å². The normalized spacial score (nSPS) is 18.9. The minimum absolute atomic E-state index is 0.00309. The summed E-state index contributed by atoms with van der Waals surface area (Å²) >= 11 is 9.97. The van der Waals surface area contributed by atoms with Gasteiger partial charge in [-0.25, -0.2) is 0 Å². The van der Waals surface area contributed by atoms with E-state index in [9.17, 15) is 0 Å². The summed E-state index contributed by atoms with van der Waals surface area (Å²) in [5.41, 5.74) is -2.07. The maximum absolute atomic E-state index is 8.24. The van der Waals surface area contributed by atoms with Gasteiger partial charge in [-0.2, -0.15) is 0 Å². The lowest BCUT2D eigenvalue weighted by Gasteiger charge is -2.00. The summed E-state index contributed by atoms with van der Waals surface area (Å²) in [6, 6.07) is 0. The summed E-state index contributed by atoms with van der Waals surface area (Å²) in [5.74, 6) is 0. The van der Waals surface area contributed by atoms with E-state index in [2.05, 4.69) is 0 Å². The van der Waals surface area contributed by atoms with Crippen LogP contribution >= 0.6 is 23.2 Å². The maximum Gasteiger partial charge on any atom is 0.131 e. The van der Waals surface area contributed by atoms with Crippen molar-refractivity contribution in [2.75, 3.05) is 0 Å². The molecule has 0 radical (unpaired) electrons. The molecule has 2 atom stereocenters. The third-order valence-corrected chi connectivity index (χ3v) is 0.745. The molecule has 0 heterocycles. The lowest BCUT2D eigenvalue weighted by Crippen LogP contribution is -2.05. The Kier molecular flexibility index (Phi) is 3.75. The molecule has 2 N–H and O–H groups in total. The molecule has 0 saturated carbocycles. The second kappa shape index (κ2) is 3.50. The Hall–Kier alpha value is 0.500. The summed E-state index contributed by atoms with van der Waals surface area (Å²) < 4.78 is 0. The fraction of sp³-hybridized carbons (Fsp3) is 1.00. The Morgan fingerprint density at radius 2 is 1.43 bits per heavy atom. The molecule has 0 unspecified atom stereocenters. The lowest BCUT2D eigenvalue weighted by molar-refractivity contribution is 0.171. The van der Waals surface area contributed by atoms with Crippen molar-refractivity contribution in [3.8, 4) is 0 Å². The van der Waals surface area contributed by atoms with Gasteiger partial charge in [-0.05, 0) is 0 Å². The number of aliphatic hydroxyl groups excluding tert-OH is 2. The maximum atomic E-state index is 8.24. The van der Waals surface area contributed by atoms with Crippen LogP contribution in [0, 0.1) is 0 Å². The van der Waals surface area contributed by atoms with E-state index in [4.69, 9.17) is 33.4 Å². The molecule has 0 amide bonds. The van der Waals surface area contributed by atoms with E-state index < -0.39 is 11.1 Å². The van der Waals surface area contributed by atoms with Crippen LogP contribution in [0.4, 0.5) is 0 Å². The van der Waals surface area contributed by atoms with E-state index in [1.165, 1.54) is 0 Å². The summed E-state index contributed by atoms with van der Waals surface area (Å²) in [6.07, 6.45) is 0.00309. The van der Waals surface area contributed by atoms with Crippen LogP contribution in [0.15, 0.2) is 0 Å². The van der Waals surface area contributed by atoms with E-state index in [-0.39, 0.29) is 6.42 Å². The second-order valence-electron chi connectivity index (χ2n) is 1.10. The van der Waals surface area contributed by atoms with E-state index in [1.54, 1.807) is 0 Å². The van der Waals surface area contributed by atoms with Gasteiger partial charge in [0, 0.05) is 6.42 Å². The molecule has 4 heteroatoms. The summed E-state index contributed by atoms with van der Waals surface area (Å²) in [7, 11) is 0. The van der Waals surface area contributed by atoms with Crippen LogP contribution in [0.3, 0.4) is 0 Å². The molecule has 0 fully saturated rings. The number of rotatable bonds is 2. The number of alkyl halides is 2. The molecule has 44 valence electrons. The fourth-order valence-corrected chi connectivity index (χ4v) is 0.589. The quantitative estimate of drug-likeness (QED) is 0.555. The molecule has 0 aromatic carbocycles. The highest BCUT2D eigenvalue weighted by Gasteiger charge is 2.03. The van der Waals surface area contributed by atoms with Crippen LogP contribution in [-0.4, -0.2) is 21.3 Å². The van der Waals surface area contributed by atoms with Gasteiger partial charge in [-0.1, -0.05) is 23.2 Å². The van der Waals surface area contributed by atoms with Gasteiger partial charge in [0.2, 0.25) is 0 Å². The van der Waals surface area contributed by atoms with E-state index in [1.807, 2.05) is 0 Å². The van der Waals surface area contributed by atoms with E-state index in [0.29, 0.717) is 0 Å². The molecule has 0 aliphatic heterocycles. The first kappa shape index (κ1) is 7.50. The van der Waals surface area contributed by atoms with Gasteiger partial charge >= 0.3 is 0 Å². The van der Waals surface area contributed by atoms with Crippen molar-refractivity contribution in [3.63, 3.8) is 0 Å². The van der Waals surface area contributed by atoms with Crippen molar-refractivity contribution in [1.82, 2.24) is 0 Å². The van der Waals surface area contributed by atoms with Crippen molar-refractivity contribution in [1.29, 1.82) is 0 Å². The Bertz CT molecular complexity index is 40.2. The van der Waals surface area contributed by atoms with Gasteiger partial charge in [0.25, 0.3) is 0 Å². The highest BCUT2D eigenvalue weighted by Crippen LogP contribution is 2.03. The predicted molar refractivity (Wildman–Crippen MR) is 28.3 cm³/mol. The molecule has 0 aromatic heterocycles. The van der Waals surface area contributed by atoms with Gasteiger partial charge in [0.15, 0.2) is 0 Å². The Labute approximate surface area is 51.7 Å². The van der Waals surface area contributed by atoms with Crippen molar-refractivity contribution in [3.05, 3.63) is 0 Å². The van der Waals surface area contributed by atoms with Gasteiger partial charge in [-0.3, -0.25) is 0 Å². The first-order chi connectivity index (χ1) is 3.13. The number of halogens is 2. The zero-order chi connectivity index (χ0) is 5.86. The highest BCUT2D eigenvalue weighted by molar-refractivity contribution is 6.22. The fourth-order valence-electron chi connectivity index (χ4n) is 0.160. The average Bonchev–Trinajstić information content (AvgIpc) is 1.27. The Balaban J connectivity index is 2.95. The van der Waals surface area contributed by atoms with Crippen LogP contribution in [-0.2, 0) is 0 Å². The summed E-state index contributed by atoms with van der Waals surface area (Å²) in [6.45, 7) is 0. The van der Waals surface area contributed by atoms with Crippen molar-refractivity contribution >= 4 is 23.2 Å². The zero-order valence-corrected chi connectivity index (χ0v) is 5.02. The number of hydrogen-bond acceptors (Lipinski definition) is 2. The Morgan fingerprint density at radius 3 is 1.43 bits per heavy atom. The molecule has 0 spiro atoms. The average molecular weight is 145 g/mol. The first-order valence-electron chi connectivity index (χ1n) is 1.77. The number of hydrogen-bond donors (Lipinski definition) is 2. The van der Waals surface area contributed by atoms with E-state index >= 15 is 0 Å². The molecule has 0 saturated heterocycles. The molecule has 0 aliphatic carbocycles. The Morgan fingerprint density at radius 1 is 1.14 bits per heavy atom. The monoisotopic (exact) mass is 144 g/mol. The molecular weight excluding hydrogens is 139 g/mol. The van der Waals surface area contributed by atoms with Crippen LogP contribution < -0.4 is 0 Å². The van der Waals surface area contributed by atoms with Crippen molar-refractivity contribution < 1.29 is 10.2 Å². The van der Waals surface area contributed by atoms with Crippen LogP contribution in [0.25, 0.3) is 0 Å². The van der Waals surface area contributed by atoms with Crippen molar-refractivity contribution in [2.24, 2.45) is 0 Å². The lowest BCUT2D eigenvalue weighted by atomic mass is 10.5. The first-order valence-corrected chi connectivity index (χ1v) is 2.64. The summed E-state index contributed by atoms with van der Waals surface area (Å²) in [4.78, 5) is 0. The minimum atomic E-state index is -1.03. The smallest absolute Gasteiger partial charge is 0.131 e. The van der Waals surface area contributed by atoms with Crippen molar-refractivity contribution in [2.45, 2.75) is 17.5 Å².